The van der Waals surface area contributed by atoms with Gasteiger partial charge in [-0.25, -0.2) is 0 Å². The summed E-state index contributed by atoms with van der Waals surface area (Å²) < 4.78 is 0. The second-order valence-corrected chi connectivity index (χ2v) is 11.3. The molecule has 1 aliphatic carbocycles. The number of hydrogen-bond donors (Lipinski definition) is 2. The van der Waals surface area contributed by atoms with Crippen molar-refractivity contribution >= 4 is 22.9 Å². The Labute approximate surface area is 250 Å². The zero-order valence-corrected chi connectivity index (χ0v) is 25.4. The van der Waals surface area contributed by atoms with E-state index < -0.39 is 0 Å². The number of nitrogens with one attached hydrogen (secondary N) is 2. The fraction of sp³-hybridized carbons (Fsp3) is 0.316. The summed E-state index contributed by atoms with van der Waals surface area (Å²) in [6.45, 7) is 4.43. The SMILES string of the molecule is CCCCCc1ccc(-c2ccc3c(c2NC)C(=O)c2ccc(-c4ccc(CCCCC)cc4)c(NC)c2C3=O)cc1. The van der Waals surface area contributed by atoms with Crippen molar-refractivity contribution < 1.29 is 9.59 Å². The lowest BCUT2D eigenvalue weighted by molar-refractivity contribution is 0.0980. The minimum absolute atomic E-state index is 0.128. The van der Waals surface area contributed by atoms with Gasteiger partial charge < -0.3 is 10.6 Å². The van der Waals surface area contributed by atoms with Crippen molar-refractivity contribution in [1.82, 2.24) is 0 Å². The predicted octanol–water partition coefficient (Wildman–Crippen LogP) is 9.34. The Bertz CT molecular complexity index is 1460. The minimum atomic E-state index is -0.128. The molecule has 0 aromatic heterocycles. The normalized spacial score (nSPS) is 12.2. The molecule has 0 atom stereocenters. The summed E-state index contributed by atoms with van der Waals surface area (Å²) in [7, 11) is 3.64. The summed E-state index contributed by atoms with van der Waals surface area (Å²) in [5.41, 5.74) is 9.71. The smallest absolute Gasteiger partial charge is 0.196 e. The summed E-state index contributed by atoms with van der Waals surface area (Å²) in [6.07, 6.45) is 9.39. The monoisotopic (exact) mass is 558 g/mol. The maximum absolute atomic E-state index is 14.1. The molecule has 5 rings (SSSR count). The lowest BCUT2D eigenvalue weighted by Gasteiger charge is -2.25. The Morgan fingerprint density at radius 3 is 1.17 bits per heavy atom. The van der Waals surface area contributed by atoms with E-state index >= 15 is 0 Å². The minimum Gasteiger partial charge on any atom is -0.387 e. The van der Waals surface area contributed by atoms with Gasteiger partial charge in [-0.15, -0.1) is 0 Å². The van der Waals surface area contributed by atoms with E-state index in [9.17, 15) is 9.59 Å². The van der Waals surface area contributed by atoms with Gasteiger partial charge in [0.2, 0.25) is 0 Å². The van der Waals surface area contributed by atoms with Gasteiger partial charge in [-0.05, 0) is 60.1 Å². The highest BCUT2D eigenvalue weighted by molar-refractivity contribution is 6.33. The molecule has 0 heterocycles. The quantitative estimate of drug-likeness (QED) is 0.150. The molecule has 0 radical (unpaired) electrons. The number of ketones is 2. The summed E-state index contributed by atoms with van der Waals surface area (Å²) in [4.78, 5) is 28.2. The predicted molar refractivity (Wildman–Crippen MR) is 176 cm³/mol. The standard InChI is InChI=1S/C38H42N2O2/c1-5-7-9-11-25-13-17-27(18-14-25)29-21-23-31-33(35(29)39-3)37(41)32-24-22-30(36(40-4)34(32)38(31)42)28-19-15-26(16-20-28)12-10-8-6-2/h13-24,39-40H,5-12H2,1-4H3. The van der Waals surface area contributed by atoms with Crippen molar-refractivity contribution in [2.45, 2.75) is 65.2 Å². The van der Waals surface area contributed by atoms with Gasteiger partial charge in [-0.1, -0.05) is 100 Å². The highest BCUT2D eigenvalue weighted by Gasteiger charge is 2.35. The van der Waals surface area contributed by atoms with E-state index in [1.54, 1.807) is 0 Å². The van der Waals surface area contributed by atoms with Gasteiger partial charge in [-0.2, -0.15) is 0 Å². The van der Waals surface area contributed by atoms with E-state index in [2.05, 4.69) is 73.0 Å². The average molecular weight is 559 g/mol. The highest BCUT2D eigenvalue weighted by Crippen LogP contribution is 2.42. The largest absolute Gasteiger partial charge is 0.387 e. The number of carbonyl (C=O) groups excluding carboxylic acids is 2. The Morgan fingerprint density at radius 1 is 0.476 bits per heavy atom. The van der Waals surface area contributed by atoms with Crippen molar-refractivity contribution in [3.8, 4) is 22.3 Å². The molecule has 4 nitrogen and oxygen atoms in total. The molecule has 42 heavy (non-hydrogen) atoms. The Kier molecular flexibility index (Phi) is 9.22. The molecule has 0 fully saturated rings. The number of fused-ring (bicyclic) bond motifs is 2. The van der Waals surface area contributed by atoms with Crippen molar-refractivity contribution in [3.63, 3.8) is 0 Å². The number of anilines is 2. The third-order valence-corrected chi connectivity index (χ3v) is 8.52. The molecule has 0 amide bonds. The topological polar surface area (TPSA) is 58.2 Å². The first-order chi connectivity index (χ1) is 20.5. The molecule has 0 saturated carbocycles. The molecule has 0 saturated heterocycles. The van der Waals surface area contributed by atoms with E-state index in [4.69, 9.17) is 0 Å². The van der Waals surface area contributed by atoms with Crippen LogP contribution in [0.15, 0.2) is 72.8 Å². The summed E-state index contributed by atoms with van der Waals surface area (Å²) in [5.74, 6) is -0.257. The molecular weight excluding hydrogens is 516 g/mol. The second kappa shape index (κ2) is 13.2. The van der Waals surface area contributed by atoms with E-state index in [0.29, 0.717) is 33.6 Å². The van der Waals surface area contributed by atoms with E-state index in [1.165, 1.54) is 49.7 Å². The van der Waals surface area contributed by atoms with Crippen LogP contribution in [0.25, 0.3) is 22.3 Å². The summed E-state index contributed by atoms with van der Waals surface area (Å²) >= 11 is 0. The Balaban J connectivity index is 1.51. The molecule has 1 aliphatic rings. The third kappa shape index (κ3) is 5.63. The molecule has 216 valence electrons. The molecule has 4 aromatic carbocycles. The fourth-order valence-electron chi connectivity index (χ4n) is 6.19. The molecular formula is C38H42N2O2. The molecule has 0 aliphatic heterocycles. The molecule has 2 N–H and O–H groups in total. The maximum Gasteiger partial charge on any atom is 0.196 e. The van der Waals surface area contributed by atoms with Gasteiger partial charge in [0, 0.05) is 36.3 Å². The number of aryl methyl sites for hydroxylation is 2. The van der Waals surface area contributed by atoms with Crippen molar-refractivity contribution in [2.24, 2.45) is 0 Å². The van der Waals surface area contributed by atoms with Crippen molar-refractivity contribution in [1.29, 1.82) is 0 Å². The van der Waals surface area contributed by atoms with E-state index in [-0.39, 0.29) is 11.6 Å². The van der Waals surface area contributed by atoms with Gasteiger partial charge in [0.25, 0.3) is 0 Å². The number of rotatable bonds is 12. The molecule has 0 bridgehead atoms. The lowest BCUT2D eigenvalue weighted by Crippen LogP contribution is -2.24. The molecule has 0 unspecified atom stereocenters. The van der Waals surface area contributed by atoms with Gasteiger partial charge in [0.05, 0.1) is 22.5 Å². The van der Waals surface area contributed by atoms with Gasteiger partial charge in [0.15, 0.2) is 11.6 Å². The average Bonchev–Trinajstić information content (AvgIpc) is 3.03. The number of hydrogen-bond acceptors (Lipinski definition) is 4. The second-order valence-electron chi connectivity index (χ2n) is 11.3. The first-order valence-electron chi connectivity index (χ1n) is 15.5. The van der Waals surface area contributed by atoms with Crippen LogP contribution in [0.3, 0.4) is 0 Å². The maximum atomic E-state index is 14.1. The molecule has 0 spiro atoms. The Morgan fingerprint density at radius 2 is 0.833 bits per heavy atom. The first-order valence-corrected chi connectivity index (χ1v) is 15.5. The van der Waals surface area contributed by atoms with Crippen LogP contribution >= 0.6 is 0 Å². The van der Waals surface area contributed by atoms with Crippen LogP contribution in [0.5, 0.6) is 0 Å². The van der Waals surface area contributed by atoms with Crippen LogP contribution in [-0.4, -0.2) is 25.7 Å². The van der Waals surface area contributed by atoms with Crippen LogP contribution in [0.4, 0.5) is 11.4 Å². The molecule has 4 aromatic rings. The van der Waals surface area contributed by atoms with Crippen LogP contribution < -0.4 is 10.6 Å². The number of benzene rings is 4. The van der Waals surface area contributed by atoms with Crippen molar-refractivity contribution in [2.75, 3.05) is 24.7 Å². The van der Waals surface area contributed by atoms with Gasteiger partial charge >= 0.3 is 0 Å². The lowest BCUT2D eigenvalue weighted by atomic mass is 9.79. The van der Waals surface area contributed by atoms with Gasteiger partial charge in [0.1, 0.15) is 0 Å². The fourth-order valence-corrected chi connectivity index (χ4v) is 6.19. The van der Waals surface area contributed by atoms with Gasteiger partial charge in [-0.3, -0.25) is 9.59 Å². The zero-order valence-electron chi connectivity index (χ0n) is 25.4. The highest BCUT2D eigenvalue weighted by atomic mass is 16.1. The number of unbranched alkanes of at least 4 members (excludes halogenated alkanes) is 4. The molecule has 4 heteroatoms. The number of carbonyl (C=O) groups is 2. The van der Waals surface area contributed by atoms with Crippen LogP contribution in [-0.2, 0) is 12.8 Å². The van der Waals surface area contributed by atoms with Crippen LogP contribution in [0, 0.1) is 0 Å². The third-order valence-electron chi connectivity index (χ3n) is 8.52. The van der Waals surface area contributed by atoms with E-state index in [1.807, 2.05) is 38.4 Å². The zero-order chi connectivity index (χ0) is 29.6. The Hall–Kier alpha value is -4.18. The first kappa shape index (κ1) is 29.3. The van der Waals surface area contributed by atoms with Crippen LogP contribution in [0.1, 0.15) is 95.3 Å². The summed E-state index contributed by atoms with van der Waals surface area (Å²) in [6, 6.07) is 24.7. The van der Waals surface area contributed by atoms with Crippen molar-refractivity contribution in [3.05, 3.63) is 106 Å². The van der Waals surface area contributed by atoms with E-state index in [0.717, 1.165) is 35.1 Å². The summed E-state index contributed by atoms with van der Waals surface area (Å²) in [5, 5.41) is 6.52. The van der Waals surface area contributed by atoms with Crippen LogP contribution in [0.2, 0.25) is 0 Å².